The van der Waals surface area contributed by atoms with Gasteiger partial charge in [-0.3, -0.25) is 4.68 Å². The molecule has 6 N–H and O–H groups in total. The summed E-state index contributed by atoms with van der Waals surface area (Å²) >= 11 is 5.61. The van der Waals surface area contributed by atoms with E-state index in [1.165, 1.54) is 18.3 Å². The Morgan fingerprint density at radius 3 is 2.79 bits per heavy atom. The average Bonchev–Trinajstić information content (AvgIpc) is 3.36. The molecule has 0 spiro atoms. The van der Waals surface area contributed by atoms with Crippen molar-refractivity contribution in [1.29, 1.82) is 5.41 Å². The number of fused-ring (bicyclic) bond motifs is 1. The molecule has 0 saturated carbocycles. The Labute approximate surface area is 229 Å². The number of nitrogens with one attached hydrogen (secondary N) is 4. The lowest BCUT2D eigenvalue weighted by Gasteiger charge is -2.21. The number of hydrogen-bond acceptors (Lipinski definition) is 8. The van der Waals surface area contributed by atoms with Crippen LogP contribution in [0.1, 0.15) is 40.4 Å². The van der Waals surface area contributed by atoms with E-state index in [0.717, 1.165) is 39.3 Å². The number of allylic oxidation sites excluding steroid dienone is 1. The molecule has 11 heteroatoms. The lowest BCUT2D eigenvalue weighted by Crippen LogP contribution is -2.21. The monoisotopic (exact) mass is 545 g/mol. The zero-order valence-electron chi connectivity index (χ0n) is 21.0. The van der Waals surface area contributed by atoms with E-state index in [9.17, 15) is 14.6 Å². The first-order valence-corrected chi connectivity index (χ1v) is 12.9. The third-order valence-electron chi connectivity index (χ3n) is 6.68. The van der Waals surface area contributed by atoms with Crippen molar-refractivity contribution in [3.05, 3.63) is 93.4 Å². The summed E-state index contributed by atoms with van der Waals surface area (Å²) in [6.45, 7) is 0.0387. The van der Waals surface area contributed by atoms with E-state index in [-0.39, 0.29) is 19.0 Å². The van der Waals surface area contributed by atoms with E-state index in [2.05, 4.69) is 25.7 Å². The van der Waals surface area contributed by atoms with Crippen molar-refractivity contribution in [1.82, 2.24) is 19.7 Å². The van der Waals surface area contributed by atoms with Crippen molar-refractivity contribution in [3.8, 4) is 0 Å². The van der Waals surface area contributed by atoms with Gasteiger partial charge in [0.05, 0.1) is 37.3 Å². The van der Waals surface area contributed by atoms with Crippen LogP contribution in [0.15, 0.2) is 55.0 Å². The summed E-state index contributed by atoms with van der Waals surface area (Å²) in [5.74, 6) is 0.390. The summed E-state index contributed by atoms with van der Waals surface area (Å²) in [6, 6.07) is 11.5. The molecule has 0 aliphatic heterocycles. The fraction of sp³-hybridized carbons (Fsp3) is 0.214. The molecule has 2 aromatic carbocycles. The number of benzene rings is 2. The van der Waals surface area contributed by atoms with Crippen LogP contribution in [-0.2, 0) is 13.0 Å². The maximum absolute atomic E-state index is 13.5. The van der Waals surface area contributed by atoms with Crippen LogP contribution >= 0.6 is 12.2 Å². The molecule has 1 aliphatic carbocycles. The molecular formula is C28H28FN7O2S. The molecule has 5 rings (SSSR count). The van der Waals surface area contributed by atoms with Crippen LogP contribution in [0.2, 0.25) is 0 Å². The highest BCUT2D eigenvalue weighted by Gasteiger charge is 2.23. The summed E-state index contributed by atoms with van der Waals surface area (Å²) < 4.78 is 15.7. The fourth-order valence-electron chi connectivity index (χ4n) is 4.72. The second kappa shape index (κ2) is 11.7. The van der Waals surface area contributed by atoms with Crippen molar-refractivity contribution >= 4 is 47.3 Å². The van der Waals surface area contributed by atoms with Crippen molar-refractivity contribution in [2.45, 2.75) is 25.4 Å². The molecule has 1 aliphatic rings. The number of halogens is 1. The summed E-state index contributed by atoms with van der Waals surface area (Å²) in [6.07, 6.45) is 7.90. The van der Waals surface area contributed by atoms with Crippen molar-refractivity contribution in [2.75, 3.05) is 23.8 Å². The first-order chi connectivity index (χ1) is 19.0. The van der Waals surface area contributed by atoms with Gasteiger partial charge in [-0.15, -0.1) is 0 Å². The molecule has 2 aromatic heterocycles. The van der Waals surface area contributed by atoms with E-state index < -0.39 is 6.04 Å². The molecule has 0 atom stereocenters. The zero-order valence-corrected chi connectivity index (χ0v) is 21.8. The molecule has 4 aromatic rings. The molecule has 0 bridgehead atoms. The van der Waals surface area contributed by atoms with Crippen LogP contribution in [-0.4, -0.2) is 49.4 Å². The predicted molar refractivity (Wildman–Crippen MR) is 152 cm³/mol. The minimum Gasteiger partial charge on any atom is -0.394 e. The van der Waals surface area contributed by atoms with Crippen LogP contribution in [0.5, 0.6) is 0 Å². The van der Waals surface area contributed by atoms with Gasteiger partial charge in [-0.05, 0) is 60.4 Å². The number of nitrogens with zero attached hydrogens (tertiary/aromatic N) is 3. The number of aliphatic hydroxyl groups excluding tert-OH is 2. The number of aromatic amines is 1. The lowest BCUT2D eigenvalue weighted by atomic mass is 9.93. The summed E-state index contributed by atoms with van der Waals surface area (Å²) in [5.41, 5.74) is 6.61. The van der Waals surface area contributed by atoms with E-state index in [0.29, 0.717) is 35.4 Å². The van der Waals surface area contributed by atoms with Gasteiger partial charge < -0.3 is 31.2 Å². The van der Waals surface area contributed by atoms with Gasteiger partial charge in [0.15, 0.2) is 0 Å². The van der Waals surface area contributed by atoms with Crippen molar-refractivity contribution < 1.29 is 14.6 Å². The maximum atomic E-state index is 13.5. The van der Waals surface area contributed by atoms with Crippen LogP contribution in [0.25, 0.3) is 11.6 Å². The van der Waals surface area contributed by atoms with Gasteiger partial charge in [0.1, 0.15) is 16.3 Å². The number of aromatic nitrogens is 4. The van der Waals surface area contributed by atoms with Crippen LogP contribution in [0.4, 0.5) is 21.6 Å². The van der Waals surface area contributed by atoms with Crippen molar-refractivity contribution in [3.63, 3.8) is 0 Å². The Balaban J connectivity index is 1.40. The van der Waals surface area contributed by atoms with E-state index in [1.807, 2.05) is 30.3 Å². The number of H-pyrrole nitrogens is 1. The molecule has 9 nitrogen and oxygen atoms in total. The normalized spacial score (nSPS) is 12.7. The third kappa shape index (κ3) is 5.65. The van der Waals surface area contributed by atoms with Crippen LogP contribution in [0.3, 0.4) is 0 Å². The SMILES string of the molecule is N=Cc1cc(Nc2[nH]cnc(=S)c2C2=Cc3cnn(C(CO)CO)c3CC2)ccc1NCc1cccc(F)c1. The smallest absolute Gasteiger partial charge is 0.139 e. The molecule has 39 heavy (non-hydrogen) atoms. The van der Waals surface area contributed by atoms with E-state index >= 15 is 0 Å². The number of hydrogen-bond donors (Lipinski definition) is 6. The molecule has 2 heterocycles. The quantitative estimate of drug-likeness (QED) is 0.124. The minimum absolute atomic E-state index is 0.194. The molecule has 0 saturated heterocycles. The van der Waals surface area contributed by atoms with Crippen LogP contribution < -0.4 is 10.6 Å². The number of anilines is 3. The van der Waals surface area contributed by atoms with Gasteiger partial charge in [0, 0.05) is 41.0 Å². The number of rotatable bonds is 10. The Morgan fingerprint density at radius 2 is 2.03 bits per heavy atom. The Bertz CT molecular complexity index is 1590. The second-order valence-corrected chi connectivity index (χ2v) is 9.58. The molecule has 0 radical (unpaired) electrons. The topological polar surface area (TPSA) is 135 Å². The van der Waals surface area contributed by atoms with Gasteiger partial charge in [-0.1, -0.05) is 24.4 Å². The summed E-state index contributed by atoms with van der Waals surface area (Å²) in [4.78, 5) is 7.47. The van der Waals surface area contributed by atoms with Crippen LogP contribution in [0, 0.1) is 15.9 Å². The van der Waals surface area contributed by atoms with E-state index in [4.69, 9.17) is 17.6 Å². The Morgan fingerprint density at radius 1 is 1.18 bits per heavy atom. The minimum atomic E-state index is -0.475. The Kier molecular flexibility index (Phi) is 7.92. The van der Waals surface area contributed by atoms with Gasteiger partial charge in [-0.2, -0.15) is 5.10 Å². The van der Waals surface area contributed by atoms with Gasteiger partial charge in [0.25, 0.3) is 0 Å². The second-order valence-electron chi connectivity index (χ2n) is 9.19. The number of aliphatic hydroxyl groups is 2. The summed E-state index contributed by atoms with van der Waals surface area (Å²) in [5, 5.41) is 38.1. The maximum Gasteiger partial charge on any atom is 0.139 e. The Hall–Kier alpha value is -4.19. The largest absolute Gasteiger partial charge is 0.394 e. The standard InChI is InChI=1S/C28H28FN7O2S/c29-21-3-1-2-17(8-21)12-31-24-6-5-22(10-19(24)11-30)35-27-26(28(39)33-16-32-27)18-4-7-25-20(9-18)13-34-36(25)23(14-37)15-38/h1-3,5-6,8-11,13,16,23,30-31,37-38H,4,7,12,14-15H2,(H2,32,33,35,39). The molecular weight excluding hydrogens is 517 g/mol. The lowest BCUT2D eigenvalue weighted by molar-refractivity contribution is 0.144. The third-order valence-corrected chi connectivity index (χ3v) is 6.99. The highest BCUT2D eigenvalue weighted by Crippen LogP contribution is 2.35. The van der Waals surface area contributed by atoms with Gasteiger partial charge in [-0.25, -0.2) is 9.37 Å². The van der Waals surface area contributed by atoms with Gasteiger partial charge >= 0.3 is 0 Å². The highest BCUT2D eigenvalue weighted by molar-refractivity contribution is 7.71. The zero-order chi connectivity index (χ0) is 27.4. The predicted octanol–water partition coefficient (Wildman–Crippen LogP) is 4.84. The molecule has 200 valence electrons. The molecule has 0 unspecified atom stereocenters. The first-order valence-electron chi connectivity index (χ1n) is 12.5. The summed E-state index contributed by atoms with van der Waals surface area (Å²) in [7, 11) is 0. The average molecular weight is 546 g/mol. The molecule has 0 fully saturated rings. The highest BCUT2D eigenvalue weighted by atomic mass is 32.1. The molecule has 0 amide bonds. The van der Waals surface area contributed by atoms with Crippen molar-refractivity contribution in [2.24, 2.45) is 0 Å². The first kappa shape index (κ1) is 26.4. The van der Waals surface area contributed by atoms with E-state index in [1.54, 1.807) is 23.3 Å². The fourth-order valence-corrected chi connectivity index (χ4v) is 5.01. The van der Waals surface area contributed by atoms with Gasteiger partial charge in [0.2, 0.25) is 0 Å².